The highest BCUT2D eigenvalue weighted by atomic mass is 35.5. The van der Waals surface area contributed by atoms with Crippen molar-refractivity contribution in [1.82, 2.24) is 19.5 Å². The molecule has 4 nitrogen and oxygen atoms in total. The third-order valence-electron chi connectivity index (χ3n) is 2.57. The maximum Gasteiger partial charge on any atom is 0.179 e. The van der Waals surface area contributed by atoms with E-state index in [0.29, 0.717) is 11.0 Å². The molecule has 0 saturated carbocycles. The third kappa shape index (κ3) is 1.80. The van der Waals surface area contributed by atoms with Gasteiger partial charge in [-0.2, -0.15) is 0 Å². The van der Waals surface area contributed by atoms with Gasteiger partial charge in [0.25, 0.3) is 0 Å². The molecule has 0 fully saturated rings. The zero-order valence-electron chi connectivity index (χ0n) is 9.53. The molecule has 0 atom stereocenters. The van der Waals surface area contributed by atoms with Crippen LogP contribution in [-0.4, -0.2) is 19.5 Å². The van der Waals surface area contributed by atoms with Gasteiger partial charge >= 0.3 is 0 Å². The van der Waals surface area contributed by atoms with E-state index in [1.54, 1.807) is 12.5 Å². The molecule has 16 heavy (non-hydrogen) atoms. The summed E-state index contributed by atoms with van der Waals surface area (Å²) >= 11 is 6.09. The standard InChI is InChI=1S/C11H13ClN4/c1-4-8-7(2)10(12)15-11(14-8)9-5-13-6-16(9)3/h5-6H,4H2,1-3H3. The quantitative estimate of drug-likeness (QED) is 0.752. The van der Waals surface area contributed by atoms with Gasteiger partial charge in [-0.05, 0) is 13.3 Å². The lowest BCUT2D eigenvalue weighted by Gasteiger charge is -2.07. The van der Waals surface area contributed by atoms with Gasteiger partial charge in [-0.3, -0.25) is 0 Å². The van der Waals surface area contributed by atoms with E-state index >= 15 is 0 Å². The molecule has 0 aliphatic carbocycles. The van der Waals surface area contributed by atoms with Crippen LogP contribution in [-0.2, 0) is 13.5 Å². The largest absolute Gasteiger partial charge is 0.331 e. The SMILES string of the molecule is CCc1nc(-c2cncn2C)nc(Cl)c1C. The number of aromatic nitrogens is 4. The molecule has 0 radical (unpaired) electrons. The fourth-order valence-electron chi connectivity index (χ4n) is 1.56. The van der Waals surface area contributed by atoms with Crippen LogP contribution >= 0.6 is 11.6 Å². The molecule has 0 unspecified atom stereocenters. The molecule has 2 aromatic rings. The molecule has 0 aliphatic rings. The van der Waals surface area contributed by atoms with Crippen LogP contribution in [0.2, 0.25) is 5.15 Å². The number of halogens is 1. The van der Waals surface area contributed by atoms with E-state index in [2.05, 4.69) is 21.9 Å². The summed E-state index contributed by atoms with van der Waals surface area (Å²) in [6, 6.07) is 0. The lowest BCUT2D eigenvalue weighted by molar-refractivity contribution is 0.896. The summed E-state index contributed by atoms with van der Waals surface area (Å²) in [7, 11) is 1.91. The van der Waals surface area contributed by atoms with Gasteiger partial charge < -0.3 is 4.57 Å². The Kier molecular flexibility index (Phi) is 2.92. The van der Waals surface area contributed by atoms with E-state index in [1.807, 2.05) is 18.5 Å². The Hall–Kier alpha value is -1.42. The number of aryl methyl sites for hydroxylation is 2. The van der Waals surface area contributed by atoms with Crippen molar-refractivity contribution in [3.63, 3.8) is 0 Å². The summed E-state index contributed by atoms with van der Waals surface area (Å²) < 4.78 is 1.88. The molecule has 2 aromatic heterocycles. The molecule has 0 aliphatic heterocycles. The number of nitrogens with zero attached hydrogens (tertiary/aromatic N) is 4. The first-order valence-electron chi connectivity index (χ1n) is 5.13. The van der Waals surface area contributed by atoms with Crippen LogP contribution in [0.25, 0.3) is 11.5 Å². The highest BCUT2D eigenvalue weighted by molar-refractivity contribution is 6.30. The number of imidazole rings is 1. The third-order valence-corrected chi connectivity index (χ3v) is 2.94. The Bertz CT molecular complexity index is 519. The Labute approximate surface area is 99.3 Å². The molecule has 0 amide bonds. The van der Waals surface area contributed by atoms with Crippen molar-refractivity contribution in [1.29, 1.82) is 0 Å². The Morgan fingerprint density at radius 3 is 2.69 bits per heavy atom. The van der Waals surface area contributed by atoms with E-state index in [0.717, 1.165) is 23.4 Å². The van der Waals surface area contributed by atoms with E-state index < -0.39 is 0 Å². The van der Waals surface area contributed by atoms with E-state index in [4.69, 9.17) is 11.6 Å². The Morgan fingerprint density at radius 2 is 2.12 bits per heavy atom. The van der Waals surface area contributed by atoms with Gasteiger partial charge in [-0.25, -0.2) is 15.0 Å². The van der Waals surface area contributed by atoms with Crippen molar-refractivity contribution in [2.24, 2.45) is 7.05 Å². The van der Waals surface area contributed by atoms with Crippen molar-refractivity contribution < 1.29 is 0 Å². The molecule has 84 valence electrons. The Balaban J connectivity index is 2.59. The summed E-state index contributed by atoms with van der Waals surface area (Å²) in [5.41, 5.74) is 2.81. The summed E-state index contributed by atoms with van der Waals surface area (Å²) in [4.78, 5) is 12.8. The van der Waals surface area contributed by atoms with Crippen LogP contribution in [0.5, 0.6) is 0 Å². The van der Waals surface area contributed by atoms with E-state index in [-0.39, 0.29) is 0 Å². The van der Waals surface area contributed by atoms with Gasteiger partial charge in [0, 0.05) is 18.3 Å². The average molecular weight is 237 g/mol. The minimum atomic E-state index is 0.517. The van der Waals surface area contributed by atoms with Crippen LogP contribution < -0.4 is 0 Å². The Morgan fingerprint density at radius 1 is 1.38 bits per heavy atom. The molecule has 0 aromatic carbocycles. The molecule has 0 spiro atoms. The summed E-state index contributed by atoms with van der Waals surface area (Å²) in [5, 5.41) is 0.517. The van der Waals surface area contributed by atoms with Gasteiger partial charge in [0.15, 0.2) is 5.82 Å². The summed E-state index contributed by atoms with van der Waals surface area (Å²) in [6.07, 6.45) is 4.30. The molecule has 0 bridgehead atoms. The van der Waals surface area contributed by atoms with Crippen molar-refractivity contribution in [3.05, 3.63) is 28.9 Å². The van der Waals surface area contributed by atoms with Crippen molar-refractivity contribution >= 4 is 11.6 Å². The minimum Gasteiger partial charge on any atom is -0.331 e. The van der Waals surface area contributed by atoms with Crippen LogP contribution in [0, 0.1) is 6.92 Å². The minimum absolute atomic E-state index is 0.517. The zero-order valence-corrected chi connectivity index (χ0v) is 10.3. The van der Waals surface area contributed by atoms with Gasteiger partial charge in [-0.15, -0.1) is 0 Å². The first kappa shape index (κ1) is 11.1. The van der Waals surface area contributed by atoms with Crippen molar-refractivity contribution in [2.75, 3.05) is 0 Å². The average Bonchev–Trinajstić information content (AvgIpc) is 2.68. The normalized spacial score (nSPS) is 10.8. The second-order valence-corrected chi connectivity index (χ2v) is 4.01. The van der Waals surface area contributed by atoms with E-state index in [9.17, 15) is 0 Å². The first-order valence-corrected chi connectivity index (χ1v) is 5.51. The molecular weight excluding hydrogens is 224 g/mol. The molecule has 2 rings (SSSR count). The molecule has 0 saturated heterocycles. The molecular formula is C11H13ClN4. The topological polar surface area (TPSA) is 43.6 Å². The second-order valence-electron chi connectivity index (χ2n) is 3.65. The van der Waals surface area contributed by atoms with Crippen molar-refractivity contribution in [3.8, 4) is 11.5 Å². The highest BCUT2D eigenvalue weighted by Gasteiger charge is 2.11. The predicted octanol–water partition coefficient (Wildman–Crippen LogP) is 2.40. The highest BCUT2D eigenvalue weighted by Crippen LogP contribution is 2.21. The maximum absolute atomic E-state index is 6.09. The summed E-state index contributed by atoms with van der Waals surface area (Å²) in [5.74, 6) is 0.632. The fraction of sp³-hybridized carbons (Fsp3) is 0.364. The monoisotopic (exact) mass is 236 g/mol. The first-order chi connectivity index (χ1) is 7.63. The van der Waals surface area contributed by atoms with Gasteiger partial charge in [-0.1, -0.05) is 18.5 Å². The van der Waals surface area contributed by atoms with Crippen LogP contribution in [0.3, 0.4) is 0 Å². The lowest BCUT2D eigenvalue weighted by Crippen LogP contribution is -2.01. The summed E-state index contributed by atoms with van der Waals surface area (Å²) in [6.45, 7) is 3.99. The molecule has 2 heterocycles. The molecule has 0 N–H and O–H groups in total. The number of rotatable bonds is 2. The lowest BCUT2D eigenvalue weighted by atomic mass is 10.2. The van der Waals surface area contributed by atoms with Gasteiger partial charge in [0.1, 0.15) is 10.8 Å². The fourth-order valence-corrected chi connectivity index (χ4v) is 1.75. The van der Waals surface area contributed by atoms with Crippen molar-refractivity contribution in [2.45, 2.75) is 20.3 Å². The van der Waals surface area contributed by atoms with Crippen LogP contribution in [0.1, 0.15) is 18.2 Å². The van der Waals surface area contributed by atoms with Gasteiger partial charge in [0.2, 0.25) is 0 Å². The van der Waals surface area contributed by atoms with E-state index in [1.165, 1.54) is 0 Å². The van der Waals surface area contributed by atoms with Crippen LogP contribution in [0.15, 0.2) is 12.5 Å². The smallest absolute Gasteiger partial charge is 0.179 e. The second kappa shape index (κ2) is 4.22. The number of hydrogen-bond donors (Lipinski definition) is 0. The predicted molar refractivity (Wildman–Crippen MR) is 63.4 cm³/mol. The molecule has 5 heteroatoms. The zero-order chi connectivity index (χ0) is 11.7. The number of hydrogen-bond acceptors (Lipinski definition) is 3. The van der Waals surface area contributed by atoms with Gasteiger partial charge in [0.05, 0.1) is 12.5 Å². The van der Waals surface area contributed by atoms with Crippen LogP contribution in [0.4, 0.5) is 0 Å². The maximum atomic E-state index is 6.09.